The summed E-state index contributed by atoms with van der Waals surface area (Å²) in [6, 6.07) is 11.2. The van der Waals surface area contributed by atoms with Crippen molar-refractivity contribution in [1.29, 1.82) is 0 Å². The predicted molar refractivity (Wildman–Crippen MR) is 143 cm³/mol. The lowest BCUT2D eigenvalue weighted by atomic mass is 10.1. The zero-order valence-electron chi connectivity index (χ0n) is 20.9. The quantitative estimate of drug-likeness (QED) is 0.536. The second kappa shape index (κ2) is 12.7. The van der Waals surface area contributed by atoms with Gasteiger partial charge in [-0.2, -0.15) is 0 Å². The molecule has 2 saturated heterocycles. The van der Waals surface area contributed by atoms with Crippen LogP contribution in [0.1, 0.15) is 62.2 Å². The van der Waals surface area contributed by atoms with E-state index >= 15 is 0 Å². The summed E-state index contributed by atoms with van der Waals surface area (Å²) in [5, 5.41) is 9.40. The molecule has 0 unspecified atom stereocenters. The van der Waals surface area contributed by atoms with Gasteiger partial charge in [-0.25, -0.2) is 0 Å². The highest BCUT2D eigenvalue weighted by molar-refractivity contribution is 6.31. The van der Waals surface area contributed by atoms with Crippen molar-refractivity contribution in [3.63, 3.8) is 0 Å². The number of nitrogens with one attached hydrogen (secondary N) is 2. The Kier molecular flexibility index (Phi) is 9.41. The molecule has 0 spiro atoms. The van der Waals surface area contributed by atoms with Gasteiger partial charge in [-0.15, -0.1) is 0 Å². The van der Waals surface area contributed by atoms with Crippen molar-refractivity contribution in [2.45, 2.75) is 64.0 Å². The fraction of sp³-hybridized carbons (Fsp3) is 0.571. The SMILES string of the molecule is CCCCN1CC[C@@H](CNC(=O)c2ccc3cc(Cl)ccc3c2)N[C@@H](CCN2CCCCC2)C1=O. The maximum absolute atomic E-state index is 13.3. The van der Waals surface area contributed by atoms with Crippen LogP contribution in [0.5, 0.6) is 0 Å². The van der Waals surface area contributed by atoms with Gasteiger partial charge >= 0.3 is 0 Å². The van der Waals surface area contributed by atoms with E-state index in [1.807, 2.05) is 41.3 Å². The highest BCUT2D eigenvalue weighted by Gasteiger charge is 2.31. The highest BCUT2D eigenvalue weighted by atomic mass is 35.5. The molecule has 6 nitrogen and oxygen atoms in total. The average Bonchev–Trinajstić information content (AvgIpc) is 3.03. The minimum atomic E-state index is -0.191. The lowest BCUT2D eigenvalue weighted by Gasteiger charge is -2.30. The third-order valence-electron chi connectivity index (χ3n) is 7.33. The molecule has 2 fully saturated rings. The van der Waals surface area contributed by atoms with Gasteiger partial charge < -0.3 is 20.4 Å². The van der Waals surface area contributed by atoms with E-state index in [0.29, 0.717) is 17.1 Å². The Morgan fingerprint density at radius 2 is 1.83 bits per heavy atom. The van der Waals surface area contributed by atoms with Crippen molar-refractivity contribution in [3.05, 3.63) is 47.0 Å². The Labute approximate surface area is 214 Å². The van der Waals surface area contributed by atoms with Crippen LogP contribution < -0.4 is 10.6 Å². The molecule has 0 aliphatic carbocycles. The molecular weight excluding hydrogens is 460 g/mol. The van der Waals surface area contributed by atoms with Gasteiger partial charge in [0.2, 0.25) is 5.91 Å². The molecule has 2 N–H and O–H groups in total. The lowest BCUT2D eigenvalue weighted by molar-refractivity contribution is -0.133. The van der Waals surface area contributed by atoms with Crippen molar-refractivity contribution < 1.29 is 9.59 Å². The van der Waals surface area contributed by atoms with E-state index in [-0.39, 0.29) is 23.9 Å². The molecule has 2 heterocycles. The number of carbonyl (C=O) groups excluding carboxylic acids is 2. The number of hydrogen-bond donors (Lipinski definition) is 2. The van der Waals surface area contributed by atoms with E-state index in [4.69, 9.17) is 11.6 Å². The fourth-order valence-corrected chi connectivity index (χ4v) is 5.37. The largest absolute Gasteiger partial charge is 0.350 e. The van der Waals surface area contributed by atoms with Gasteiger partial charge in [0.25, 0.3) is 5.91 Å². The molecular formula is C28H39ClN4O2. The van der Waals surface area contributed by atoms with Crippen LogP contribution in [0.15, 0.2) is 36.4 Å². The summed E-state index contributed by atoms with van der Waals surface area (Å²) in [5.74, 6) is 0.129. The first-order valence-electron chi connectivity index (χ1n) is 13.3. The molecule has 0 aromatic heterocycles. The molecule has 2 aliphatic rings. The molecule has 190 valence electrons. The number of piperidine rings is 1. The van der Waals surface area contributed by atoms with Gasteiger partial charge in [-0.05, 0) is 80.2 Å². The third-order valence-corrected chi connectivity index (χ3v) is 7.57. The number of hydrogen-bond acceptors (Lipinski definition) is 4. The number of halogens is 1. The van der Waals surface area contributed by atoms with Crippen molar-refractivity contribution in [2.24, 2.45) is 0 Å². The molecule has 2 atom stereocenters. The Morgan fingerprint density at radius 1 is 1.06 bits per heavy atom. The van der Waals surface area contributed by atoms with Crippen LogP contribution in [-0.4, -0.2) is 73.0 Å². The zero-order valence-corrected chi connectivity index (χ0v) is 21.7. The number of benzene rings is 2. The first-order valence-corrected chi connectivity index (χ1v) is 13.7. The molecule has 35 heavy (non-hydrogen) atoms. The van der Waals surface area contributed by atoms with E-state index in [9.17, 15) is 9.59 Å². The normalized spacial score (nSPS) is 21.8. The minimum Gasteiger partial charge on any atom is -0.350 e. The van der Waals surface area contributed by atoms with Gasteiger partial charge in [-0.3, -0.25) is 9.59 Å². The van der Waals surface area contributed by atoms with Gasteiger partial charge in [0.1, 0.15) is 0 Å². The molecule has 2 aromatic carbocycles. The second-order valence-electron chi connectivity index (χ2n) is 9.99. The molecule has 2 aromatic rings. The Morgan fingerprint density at radius 3 is 2.63 bits per heavy atom. The van der Waals surface area contributed by atoms with Crippen LogP contribution >= 0.6 is 11.6 Å². The third kappa shape index (κ3) is 7.18. The number of likely N-dealkylation sites (tertiary alicyclic amines) is 1. The molecule has 2 aliphatic heterocycles. The smallest absolute Gasteiger partial charge is 0.251 e. The number of unbranched alkanes of at least 4 members (excludes halogenated alkanes) is 1. The van der Waals surface area contributed by atoms with Gasteiger partial charge in [-0.1, -0.05) is 43.5 Å². The van der Waals surface area contributed by atoms with Crippen molar-refractivity contribution in [2.75, 3.05) is 39.3 Å². The van der Waals surface area contributed by atoms with Crippen LogP contribution in [0.2, 0.25) is 5.02 Å². The number of rotatable bonds is 9. The summed E-state index contributed by atoms with van der Waals surface area (Å²) in [5.41, 5.74) is 0.635. The summed E-state index contributed by atoms with van der Waals surface area (Å²) in [6.45, 7) is 7.45. The molecule has 2 amide bonds. The van der Waals surface area contributed by atoms with Crippen molar-refractivity contribution >= 4 is 34.2 Å². The standard InChI is InChI=1S/C28H39ClN4O2/c1-2-3-15-33-17-11-25(31-26(28(33)35)12-16-32-13-5-4-6-14-32)20-30-27(34)23-8-7-22-19-24(29)10-9-21(22)18-23/h7-10,18-19,25-26,31H,2-6,11-17,20H2,1H3,(H,30,34)/t25-,26-/m0/s1. The zero-order chi connectivity index (χ0) is 24.6. The van der Waals surface area contributed by atoms with Crippen LogP contribution in [-0.2, 0) is 4.79 Å². The minimum absolute atomic E-state index is 0.0696. The van der Waals surface area contributed by atoms with Crippen LogP contribution in [0, 0.1) is 0 Å². The van der Waals surface area contributed by atoms with E-state index in [1.165, 1.54) is 19.3 Å². The predicted octanol–water partition coefficient (Wildman–Crippen LogP) is 4.46. The van der Waals surface area contributed by atoms with E-state index < -0.39 is 0 Å². The maximum Gasteiger partial charge on any atom is 0.251 e. The lowest BCUT2D eigenvalue weighted by Crippen LogP contribution is -2.50. The van der Waals surface area contributed by atoms with Crippen LogP contribution in [0.25, 0.3) is 10.8 Å². The van der Waals surface area contributed by atoms with Gasteiger partial charge in [0.05, 0.1) is 6.04 Å². The summed E-state index contributed by atoms with van der Waals surface area (Å²) in [7, 11) is 0. The van der Waals surface area contributed by atoms with E-state index in [1.54, 1.807) is 0 Å². The summed E-state index contributed by atoms with van der Waals surface area (Å²) in [6.07, 6.45) is 7.59. The molecule has 7 heteroatoms. The van der Waals surface area contributed by atoms with Gasteiger partial charge in [0, 0.05) is 42.8 Å². The Balaban J connectivity index is 1.37. The summed E-state index contributed by atoms with van der Waals surface area (Å²) in [4.78, 5) is 30.8. The number of amides is 2. The fourth-order valence-electron chi connectivity index (χ4n) is 5.19. The summed E-state index contributed by atoms with van der Waals surface area (Å²) >= 11 is 6.08. The van der Waals surface area contributed by atoms with Crippen LogP contribution in [0.4, 0.5) is 0 Å². The monoisotopic (exact) mass is 498 g/mol. The van der Waals surface area contributed by atoms with Crippen LogP contribution in [0.3, 0.4) is 0 Å². The molecule has 0 radical (unpaired) electrons. The number of nitrogens with zero attached hydrogens (tertiary/aromatic N) is 2. The van der Waals surface area contributed by atoms with E-state index in [0.717, 1.165) is 69.2 Å². The molecule has 0 bridgehead atoms. The van der Waals surface area contributed by atoms with Crippen molar-refractivity contribution in [1.82, 2.24) is 20.4 Å². The topological polar surface area (TPSA) is 64.7 Å². The molecule has 0 saturated carbocycles. The Hall–Kier alpha value is -2.15. The number of fused-ring (bicyclic) bond motifs is 1. The first-order chi connectivity index (χ1) is 17.0. The van der Waals surface area contributed by atoms with Crippen molar-refractivity contribution in [3.8, 4) is 0 Å². The average molecular weight is 499 g/mol. The number of carbonyl (C=O) groups is 2. The highest BCUT2D eigenvalue weighted by Crippen LogP contribution is 2.21. The van der Waals surface area contributed by atoms with E-state index in [2.05, 4.69) is 22.5 Å². The maximum atomic E-state index is 13.3. The summed E-state index contributed by atoms with van der Waals surface area (Å²) < 4.78 is 0. The molecule has 4 rings (SSSR count). The second-order valence-corrected chi connectivity index (χ2v) is 10.4. The Bertz CT molecular complexity index is 1010. The van der Waals surface area contributed by atoms with Gasteiger partial charge in [0.15, 0.2) is 0 Å². The first kappa shape index (κ1) is 25.9.